The molecule has 0 aliphatic carbocycles. The van der Waals surface area contributed by atoms with Gasteiger partial charge in [0.25, 0.3) is 11.8 Å². The zero-order chi connectivity index (χ0) is 23.5. The lowest BCUT2D eigenvalue weighted by molar-refractivity contribution is -0.122. The zero-order valence-electron chi connectivity index (χ0n) is 17.0. The molecule has 0 aliphatic heterocycles. The number of nitrogens with one attached hydrogen (secondary N) is 1. The second kappa shape index (κ2) is 9.11. The van der Waals surface area contributed by atoms with Gasteiger partial charge in [0.05, 0.1) is 5.56 Å². The molecule has 1 heterocycles. The van der Waals surface area contributed by atoms with Crippen LogP contribution in [0.25, 0.3) is 22.9 Å². The molecular weight excluding hydrogens is 442 g/mol. The molecule has 10 heteroatoms. The van der Waals surface area contributed by atoms with Crippen LogP contribution >= 0.6 is 0 Å². The number of anilines is 1. The van der Waals surface area contributed by atoms with E-state index >= 15 is 0 Å². The molecule has 1 atom stereocenters. The Morgan fingerprint density at radius 2 is 1.52 bits per heavy atom. The van der Waals surface area contributed by atoms with Crippen LogP contribution in [0.15, 0.2) is 65.1 Å². The highest BCUT2D eigenvalue weighted by Gasteiger charge is 2.25. The second-order valence-corrected chi connectivity index (χ2v) is 6.87. The van der Waals surface area contributed by atoms with E-state index < -0.39 is 41.0 Å². The highest BCUT2D eigenvalue weighted by atomic mass is 19.2. The van der Waals surface area contributed by atoms with Crippen molar-refractivity contribution in [2.24, 2.45) is 0 Å². The third-order valence-electron chi connectivity index (χ3n) is 4.60. The van der Waals surface area contributed by atoms with Crippen molar-refractivity contribution in [2.45, 2.75) is 13.0 Å². The molecule has 0 radical (unpaired) electrons. The van der Waals surface area contributed by atoms with E-state index in [-0.39, 0.29) is 23.6 Å². The Bertz CT molecular complexity index is 1290. The van der Waals surface area contributed by atoms with Crippen LogP contribution in [0.5, 0.6) is 5.75 Å². The van der Waals surface area contributed by atoms with Gasteiger partial charge in [0.2, 0.25) is 5.89 Å². The summed E-state index contributed by atoms with van der Waals surface area (Å²) in [7, 11) is 0. The fourth-order valence-corrected chi connectivity index (χ4v) is 2.93. The number of para-hydroxylation sites is 1. The molecule has 1 aromatic heterocycles. The van der Waals surface area contributed by atoms with Crippen molar-refractivity contribution in [3.63, 3.8) is 0 Å². The molecule has 1 N–H and O–H groups in total. The Morgan fingerprint density at radius 1 is 0.909 bits per heavy atom. The van der Waals surface area contributed by atoms with Gasteiger partial charge in [-0.15, -0.1) is 10.2 Å². The monoisotopic (exact) mass is 457 g/mol. The zero-order valence-corrected chi connectivity index (χ0v) is 17.0. The van der Waals surface area contributed by atoms with Crippen LogP contribution < -0.4 is 10.1 Å². The van der Waals surface area contributed by atoms with Gasteiger partial charge >= 0.3 is 0 Å². The molecule has 0 spiro atoms. The molecule has 3 aromatic carbocycles. The van der Waals surface area contributed by atoms with Gasteiger partial charge in [-0.3, -0.25) is 4.79 Å². The van der Waals surface area contributed by atoms with Crippen LogP contribution in [-0.2, 0) is 4.79 Å². The lowest BCUT2D eigenvalue weighted by Crippen LogP contribution is -2.31. The maximum absolute atomic E-state index is 13.9. The van der Waals surface area contributed by atoms with Crippen molar-refractivity contribution in [2.75, 3.05) is 5.32 Å². The van der Waals surface area contributed by atoms with Gasteiger partial charge in [0.15, 0.2) is 29.4 Å². The van der Waals surface area contributed by atoms with Crippen LogP contribution in [0.3, 0.4) is 0 Å². The number of carbonyl (C=O) groups excluding carboxylic acids is 1. The van der Waals surface area contributed by atoms with Crippen LogP contribution in [0.2, 0.25) is 0 Å². The first-order chi connectivity index (χ1) is 15.8. The lowest BCUT2D eigenvalue weighted by Gasteiger charge is -2.17. The first kappa shape index (κ1) is 22.0. The minimum Gasteiger partial charge on any atom is -0.480 e. The molecule has 4 aromatic rings. The van der Waals surface area contributed by atoms with Crippen molar-refractivity contribution >= 4 is 11.6 Å². The van der Waals surface area contributed by atoms with Gasteiger partial charge in [0.1, 0.15) is 11.4 Å². The smallest absolute Gasteiger partial charge is 0.265 e. The van der Waals surface area contributed by atoms with Crippen molar-refractivity contribution < 1.29 is 31.5 Å². The summed E-state index contributed by atoms with van der Waals surface area (Å²) in [6.07, 6.45) is -1.31. The molecule has 0 unspecified atom stereocenters. The van der Waals surface area contributed by atoms with E-state index in [0.29, 0.717) is 11.1 Å². The molecule has 168 valence electrons. The molecule has 0 fully saturated rings. The normalized spacial score (nSPS) is 11.8. The predicted molar refractivity (Wildman–Crippen MR) is 110 cm³/mol. The quantitative estimate of drug-likeness (QED) is 0.311. The highest BCUT2D eigenvalue weighted by molar-refractivity contribution is 5.94. The fourth-order valence-electron chi connectivity index (χ4n) is 2.93. The van der Waals surface area contributed by atoms with Crippen molar-refractivity contribution in [1.29, 1.82) is 0 Å². The topological polar surface area (TPSA) is 77.2 Å². The van der Waals surface area contributed by atoms with Crippen LogP contribution in [0.4, 0.5) is 23.2 Å². The van der Waals surface area contributed by atoms with E-state index in [1.165, 1.54) is 13.0 Å². The molecule has 33 heavy (non-hydrogen) atoms. The van der Waals surface area contributed by atoms with E-state index in [1.54, 1.807) is 30.3 Å². The molecule has 0 bridgehead atoms. The number of nitrogens with zero attached hydrogens (tertiary/aromatic N) is 2. The fraction of sp³-hybridized carbons (Fsp3) is 0.0870. The summed E-state index contributed by atoms with van der Waals surface area (Å²) in [6.45, 7) is 1.29. The Balaban J connectivity index is 1.55. The molecule has 6 nitrogen and oxygen atoms in total. The summed E-state index contributed by atoms with van der Waals surface area (Å²) in [5, 5.41) is 9.83. The minimum absolute atomic E-state index is 0.0462. The van der Waals surface area contributed by atoms with Crippen LogP contribution in [-0.4, -0.2) is 22.2 Å². The largest absolute Gasteiger partial charge is 0.480 e. The van der Waals surface area contributed by atoms with Gasteiger partial charge in [0, 0.05) is 11.6 Å². The van der Waals surface area contributed by atoms with Gasteiger partial charge in [-0.2, -0.15) is 0 Å². The van der Waals surface area contributed by atoms with Gasteiger partial charge in [-0.05, 0) is 31.2 Å². The number of benzene rings is 3. The Kier molecular flexibility index (Phi) is 6.07. The van der Waals surface area contributed by atoms with E-state index in [4.69, 9.17) is 9.15 Å². The first-order valence-corrected chi connectivity index (χ1v) is 9.64. The number of halogens is 4. The molecule has 0 aliphatic rings. The maximum atomic E-state index is 13.9. The summed E-state index contributed by atoms with van der Waals surface area (Å²) in [5.41, 5.74) is -0.180. The molecule has 0 saturated carbocycles. The minimum atomic E-state index is -1.73. The standard InChI is InChI=1S/C23H15F4N3O3/c1-12(21(31)28-20-18(26)15(24)11-16(25)19(20)27)32-17-10-6-5-9-14(17)23-30-29-22(33-23)13-7-3-2-4-8-13/h2-12H,1H3,(H,28,31)/t12-/m1/s1. The third kappa shape index (κ3) is 4.54. The SMILES string of the molecule is C[C@@H](Oc1ccccc1-c1nnc(-c2ccccc2)o1)C(=O)Nc1c(F)c(F)cc(F)c1F. The number of carbonyl (C=O) groups is 1. The van der Waals surface area contributed by atoms with Gasteiger partial charge in [-0.1, -0.05) is 30.3 Å². The number of rotatable bonds is 6. The Morgan fingerprint density at radius 3 is 2.21 bits per heavy atom. The Labute approximate surface area is 184 Å². The average Bonchev–Trinajstić information content (AvgIpc) is 3.31. The second-order valence-electron chi connectivity index (χ2n) is 6.87. The number of amides is 1. The number of ether oxygens (including phenoxy) is 1. The van der Waals surface area contributed by atoms with E-state index in [1.807, 2.05) is 23.5 Å². The molecule has 4 rings (SSSR count). The van der Waals surface area contributed by atoms with Crippen molar-refractivity contribution in [3.8, 4) is 28.7 Å². The summed E-state index contributed by atoms with van der Waals surface area (Å²) in [4.78, 5) is 12.4. The number of hydrogen-bond acceptors (Lipinski definition) is 5. The summed E-state index contributed by atoms with van der Waals surface area (Å²) in [5.74, 6) is -7.24. The summed E-state index contributed by atoms with van der Waals surface area (Å²) < 4.78 is 65.8. The molecule has 1 amide bonds. The highest BCUT2D eigenvalue weighted by Crippen LogP contribution is 2.32. The van der Waals surface area contributed by atoms with E-state index in [0.717, 1.165) is 0 Å². The van der Waals surface area contributed by atoms with Crippen molar-refractivity contribution in [3.05, 3.63) is 83.9 Å². The Hall–Kier alpha value is -4.21. The van der Waals surface area contributed by atoms with Crippen LogP contribution in [0, 0.1) is 23.3 Å². The van der Waals surface area contributed by atoms with E-state index in [2.05, 4.69) is 10.2 Å². The summed E-state index contributed by atoms with van der Waals surface area (Å²) in [6, 6.07) is 15.5. The maximum Gasteiger partial charge on any atom is 0.265 e. The van der Waals surface area contributed by atoms with E-state index in [9.17, 15) is 22.4 Å². The summed E-state index contributed by atoms with van der Waals surface area (Å²) >= 11 is 0. The predicted octanol–water partition coefficient (Wildman–Crippen LogP) is 5.37. The molecular formula is C23H15F4N3O3. The molecule has 0 saturated heterocycles. The first-order valence-electron chi connectivity index (χ1n) is 9.64. The lowest BCUT2D eigenvalue weighted by atomic mass is 10.2. The number of aromatic nitrogens is 2. The van der Waals surface area contributed by atoms with Crippen molar-refractivity contribution in [1.82, 2.24) is 10.2 Å². The van der Waals surface area contributed by atoms with Crippen LogP contribution in [0.1, 0.15) is 6.92 Å². The average molecular weight is 457 g/mol. The van der Waals surface area contributed by atoms with Gasteiger partial charge < -0.3 is 14.5 Å². The van der Waals surface area contributed by atoms with Gasteiger partial charge in [-0.25, -0.2) is 17.6 Å². The number of hydrogen-bond donors (Lipinski definition) is 1. The third-order valence-corrected chi connectivity index (χ3v) is 4.60.